The number of hydrogen-bond donors (Lipinski definition) is 1. The maximum atomic E-state index is 10.2. The molecule has 1 N–H and O–H groups in total. The molecule has 0 spiro atoms. The second-order valence-corrected chi connectivity index (χ2v) is 5.18. The van der Waals surface area contributed by atoms with E-state index in [0.717, 1.165) is 37.9 Å². The number of rotatable bonds is 5. The van der Waals surface area contributed by atoms with Gasteiger partial charge >= 0.3 is 0 Å². The number of hydrogen-bond acceptors (Lipinski definition) is 2. The minimum Gasteiger partial charge on any atom is -0.388 e. The molecule has 2 atom stereocenters. The summed E-state index contributed by atoms with van der Waals surface area (Å²) in [6, 6.07) is 8.31. The highest BCUT2D eigenvalue weighted by atomic mass is 16.5. The van der Waals surface area contributed by atoms with Crippen LogP contribution in [0.4, 0.5) is 0 Å². The smallest absolute Gasteiger partial charge is 0.0791 e. The Labute approximate surface area is 110 Å². The molecule has 0 bridgehead atoms. The molecule has 2 unspecified atom stereocenters. The fourth-order valence-electron chi connectivity index (χ4n) is 2.52. The predicted octanol–water partition coefficient (Wildman–Crippen LogP) is 3.63. The van der Waals surface area contributed by atoms with Crippen LogP contribution in [0.3, 0.4) is 0 Å². The lowest BCUT2D eigenvalue weighted by Crippen LogP contribution is -2.19. The van der Waals surface area contributed by atoms with Crippen molar-refractivity contribution in [1.29, 1.82) is 0 Å². The van der Waals surface area contributed by atoms with Crippen molar-refractivity contribution in [2.45, 2.75) is 57.7 Å². The van der Waals surface area contributed by atoms with Crippen molar-refractivity contribution in [1.82, 2.24) is 0 Å². The van der Waals surface area contributed by atoms with Crippen LogP contribution in [0.2, 0.25) is 0 Å². The minimum absolute atomic E-state index is 0.346. The van der Waals surface area contributed by atoms with Gasteiger partial charge in [-0.05, 0) is 49.7 Å². The van der Waals surface area contributed by atoms with Crippen LogP contribution in [0.15, 0.2) is 24.3 Å². The van der Waals surface area contributed by atoms with E-state index < -0.39 is 0 Å². The summed E-state index contributed by atoms with van der Waals surface area (Å²) >= 11 is 0. The SMILES string of the molecule is CCc1ccc(C(O)CCC2CCCCO2)cc1. The fourth-order valence-corrected chi connectivity index (χ4v) is 2.52. The van der Waals surface area contributed by atoms with Crippen molar-refractivity contribution < 1.29 is 9.84 Å². The first-order chi connectivity index (χ1) is 8.79. The average Bonchev–Trinajstić information content (AvgIpc) is 2.46. The summed E-state index contributed by atoms with van der Waals surface area (Å²) in [5, 5.41) is 10.2. The monoisotopic (exact) mass is 248 g/mol. The molecule has 2 nitrogen and oxygen atoms in total. The van der Waals surface area contributed by atoms with E-state index in [0.29, 0.717) is 6.10 Å². The first-order valence-corrected chi connectivity index (χ1v) is 7.18. The fraction of sp³-hybridized carbons (Fsp3) is 0.625. The summed E-state index contributed by atoms with van der Waals surface area (Å²) in [4.78, 5) is 0. The van der Waals surface area contributed by atoms with Gasteiger partial charge in [-0.2, -0.15) is 0 Å². The van der Waals surface area contributed by atoms with Gasteiger partial charge in [-0.25, -0.2) is 0 Å². The molecule has 1 fully saturated rings. The molecule has 1 aliphatic heterocycles. The van der Waals surface area contributed by atoms with Crippen LogP contribution in [0.5, 0.6) is 0 Å². The maximum Gasteiger partial charge on any atom is 0.0791 e. The highest BCUT2D eigenvalue weighted by Gasteiger charge is 2.16. The van der Waals surface area contributed by atoms with Gasteiger partial charge in [0.15, 0.2) is 0 Å². The standard InChI is InChI=1S/C16H24O2/c1-2-13-6-8-14(9-7-13)16(17)11-10-15-5-3-4-12-18-15/h6-9,15-17H,2-5,10-12H2,1H3. The van der Waals surface area contributed by atoms with Crippen LogP contribution in [-0.2, 0) is 11.2 Å². The molecule has 0 aliphatic carbocycles. The summed E-state index contributed by atoms with van der Waals surface area (Å²) in [6.45, 7) is 3.04. The summed E-state index contributed by atoms with van der Waals surface area (Å²) in [6.07, 6.45) is 6.45. The highest BCUT2D eigenvalue weighted by Crippen LogP contribution is 2.24. The number of aliphatic hydroxyl groups excluding tert-OH is 1. The van der Waals surface area contributed by atoms with E-state index in [1.54, 1.807) is 0 Å². The van der Waals surface area contributed by atoms with Crippen molar-refractivity contribution in [3.05, 3.63) is 35.4 Å². The van der Waals surface area contributed by atoms with Gasteiger partial charge in [0.25, 0.3) is 0 Å². The Morgan fingerprint density at radius 1 is 1.28 bits per heavy atom. The first kappa shape index (κ1) is 13.6. The molecule has 18 heavy (non-hydrogen) atoms. The maximum absolute atomic E-state index is 10.2. The lowest BCUT2D eigenvalue weighted by atomic mass is 9.98. The van der Waals surface area contributed by atoms with E-state index in [1.807, 2.05) is 12.1 Å². The summed E-state index contributed by atoms with van der Waals surface area (Å²) in [5.74, 6) is 0. The Morgan fingerprint density at radius 3 is 2.67 bits per heavy atom. The van der Waals surface area contributed by atoms with Gasteiger partial charge in [0.1, 0.15) is 0 Å². The molecular weight excluding hydrogens is 224 g/mol. The molecule has 1 saturated heterocycles. The molecule has 1 aliphatic rings. The predicted molar refractivity (Wildman–Crippen MR) is 73.6 cm³/mol. The zero-order valence-corrected chi connectivity index (χ0v) is 11.3. The zero-order chi connectivity index (χ0) is 12.8. The Kier molecular flexibility index (Phi) is 5.21. The van der Waals surface area contributed by atoms with E-state index in [1.165, 1.54) is 18.4 Å². The molecule has 2 heteroatoms. The van der Waals surface area contributed by atoms with Crippen LogP contribution >= 0.6 is 0 Å². The second-order valence-electron chi connectivity index (χ2n) is 5.18. The number of benzene rings is 1. The molecule has 0 aromatic heterocycles. The van der Waals surface area contributed by atoms with Crippen LogP contribution in [0.1, 0.15) is 56.3 Å². The summed E-state index contributed by atoms with van der Waals surface area (Å²) in [5.41, 5.74) is 2.35. The van der Waals surface area contributed by atoms with E-state index in [2.05, 4.69) is 19.1 Å². The quantitative estimate of drug-likeness (QED) is 0.862. The van der Waals surface area contributed by atoms with Crippen molar-refractivity contribution >= 4 is 0 Å². The van der Waals surface area contributed by atoms with Crippen molar-refractivity contribution in [3.63, 3.8) is 0 Å². The van der Waals surface area contributed by atoms with E-state index in [-0.39, 0.29) is 6.10 Å². The first-order valence-electron chi connectivity index (χ1n) is 7.18. The Bertz CT molecular complexity index is 339. The summed E-state index contributed by atoms with van der Waals surface area (Å²) < 4.78 is 5.69. The van der Waals surface area contributed by atoms with Crippen LogP contribution < -0.4 is 0 Å². The largest absolute Gasteiger partial charge is 0.388 e. The van der Waals surface area contributed by atoms with Crippen molar-refractivity contribution in [2.75, 3.05) is 6.61 Å². The van der Waals surface area contributed by atoms with E-state index in [4.69, 9.17) is 4.74 Å². The van der Waals surface area contributed by atoms with Crippen LogP contribution in [0, 0.1) is 0 Å². The molecule has 0 saturated carbocycles. The summed E-state index contributed by atoms with van der Waals surface area (Å²) in [7, 11) is 0. The molecular formula is C16H24O2. The molecule has 1 heterocycles. The Balaban J connectivity index is 1.80. The highest BCUT2D eigenvalue weighted by molar-refractivity contribution is 5.24. The molecule has 0 radical (unpaired) electrons. The molecule has 1 aromatic carbocycles. The van der Waals surface area contributed by atoms with Gasteiger partial charge < -0.3 is 9.84 Å². The van der Waals surface area contributed by atoms with E-state index >= 15 is 0 Å². The number of ether oxygens (including phenoxy) is 1. The number of aliphatic hydroxyl groups is 1. The Morgan fingerprint density at radius 2 is 2.06 bits per heavy atom. The van der Waals surface area contributed by atoms with Crippen LogP contribution in [0.25, 0.3) is 0 Å². The van der Waals surface area contributed by atoms with Gasteiger partial charge in [-0.3, -0.25) is 0 Å². The molecule has 1 aromatic rings. The van der Waals surface area contributed by atoms with Crippen LogP contribution in [-0.4, -0.2) is 17.8 Å². The molecule has 2 rings (SSSR count). The van der Waals surface area contributed by atoms with Gasteiger partial charge in [0, 0.05) is 6.61 Å². The third-order valence-corrected chi connectivity index (χ3v) is 3.81. The van der Waals surface area contributed by atoms with Gasteiger partial charge in [0.2, 0.25) is 0 Å². The van der Waals surface area contributed by atoms with Gasteiger partial charge in [-0.1, -0.05) is 31.2 Å². The number of aryl methyl sites for hydroxylation is 1. The normalized spacial score (nSPS) is 21.8. The second kappa shape index (κ2) is 6.91. The average molecular weight is 248 g/mol. The topological polar surface area (TPSA) is 29.5 Å². The van der Waals surface area contributed by atoms with Crippen molar-refractivity contribution in [3.8, 4) is 0 Å². The lowest BCUT2D eigenvalue weighted by molar-refractivity contribution is 0.00213. The third kappa shape index (κ3) is 3.82. The minimum atomic E-state index is -0.346. The van der Waals surface area contributed by atoms with E-state index in [9.17, 15) is 5.11 Å². The molecule has 100 valence electrons. The molecule has 0 amide bonds. The van der Waals surface area contributed by atoms with Crippen molar-refractivity contribution in [2.24, 2.45) is 0 Å². The third-order valence-electron chi connectivity index (χ3n) is 3.81. The van der Waals surface area contributed by atoms with Gasteiger partial charge in [-0.15, -0.1) is 0 Å². The lowest BCUT2D eigenvalue weighted by Gasteiger charge is -2.23. The zero-order valence-electron chi connectivity index (χ0n) is 11.3. The Hall–Kier alpha value is -0.860. The van der Waals surface area contributed by atoms with Gasteiger partial charge in [0.05, 0.1) is 12.2 Å².